The number of nitrogens with zero attached hydrogens (tertiary/aromatic N) is 1. The Morgan fingerprint density at radius 3 is 2.64 bits per heavy atom. The lowest BCUT2D eigenvalue weighted by Gasteiger charge is -2.33. The van der Waals surface area contributed by atoms with Crippen LogP contribution >= 0.6 is 0 Å². The van der Waals surface area contributed by atoms with Gasteiger partial charge >= 0.3 is 5.97 Å². The van der Waals surface area contributed by atoms with E-state index in [0.29, 0.717) is 19.6 Å². The van der Waals surface area contributed by atoms with Crippen molar-refractivity contribution in [2.45, 2.75) is 45.1 Å². The number of nitriles is 1. The molecule has 1 N–H and O–H groups in total. The maximum atomic E-state index is 11.7. The van der Waals surface area contributed by atoms with E-state index in [4.69, 9.17) is 9.47 Å². The molecule has 1 aliphatic rings. The van der Waals surface area contributed by atoms with Gasteiger partial charge in [-0.15, -0.1) is 0 Å². The lowest BCUT2D eigenvalue weighted by atomic mass is 9.73. The van der Waals surface area contributed by atoms with Crippen molar-refractivity contribution < 1.29 is 14.3 Å². The first kappa shape index (κ1) is 19.4. The Morgan fingerprint density at radius 1 is 1.32 bits per heavy atom. The minimum absolute atomic E-state index is 0.227. The number of piperidine rings is 1. The summed E-state index contributed by atoms with van der Waals surface area (Å²) in [6.45, 7) is 6.35. The summed E-state index contributed by atoms with van der Waals surface area (Å²) in [6.07, 6.45) is 2.22. The van der Waals surface area contributed by atoms with Gasteiger partial charge in [0.2, 0.25) is 0 Å². The van der Waals surface area contributed by atoms with E-state index in [-0.39, 0.29) is 5.97 Å². The fraction of sp³-hybridized carbons (Fsp3) is 0.600. The minimum atomic E-state index is -0.558. The summed E-state index contributed by atoms with van der Waals surface area (Å²) < 4.78 is 10.7. The highest BCUT2D eigenvalue weighted by molar-refractivity contribution is 5.75. The Kier molecular flexibility index (Phi) is 6.57. The van der Waals surface area contributed by atoms with Gasteiger partial charge in [0.15, 0.2) is 0 Å². The highest BCUT2D eigenvalue weighted by Crippen LogP contribution is 2.35. The summed E-state index contributed by atoms with van der Waals surface area (Å²) in [5, 5.41) is 13.1. The Hall–Kier alpha value is -1.90. The van der Waals surface area contributed by atoms with Gasteiger partial charge in [0.05, 0.1) is 30.6 Å². The van der Waals surface area contributed by atoms with Crippen LogP contribution in [-0.4, -0.2) is 32.8 Å². The third kappa shape index (κ3) is 4.59. The summed E-state index contributed by atoms with van der Waals surface area (Å²) in [6, 6.07) is 10.6. The Bertz CT molecular complexity index is 628. The second-order valence-electron chi connectivity index (χ2n) is 7.28. The highest BCUT2D eigenvalue weighted by atomic mass is 16.5. The van der Waals surface area contributed by atoms with Crippen molar-refractivity contribution in [1.82, 2.24) is 5.32 Å². The topological polar surface area (TPSA) is 71.3 Å². The average molecular weight is 344 g/mol. The molecular formula is C20H28N2O3. The summed E-state index contributed by atoms with van der Waals surface area (Å²) in [5.41, 5.74) is 1.14. The Morgan fingerprint density at radius 2 is 2.00 bits per heavy atom. The second kappa shape index (κ2) is 8.46. The van der Waals surface area contributed by atoms with E-state index in [1.54, 1.807) is 0 Å². The monoisotopic (exact) mass is 344 g/mol. The van der Waals surface area contributed by atoms with Crippen molar-refractivity contribution in [2.24, 2.45) is 5.41 Å². The summed E-state index contributed by atoms with van der Waals surface area (Å²) in [4.78, 5) is 11.7. The third-order valence-corrected chi connectivity index (χ3v) is 5.07. The molecule has 0 bridgehead atoms. The molecule has 1 aliphatic heterocycles. The first-order valence-corrected chi connectivity index (χ1v) is 8.82. The van der Waals surface area contributed by atoms with Crippen LogP contribution in [0, 0.1) is 16.7 Å². The van der Waals surface area contributed by atoms with Gasteiger partial charge in [0.1, 0.15) is 0 Å². The number of hydrogen-bond acceptors (Lipinski definition) is 5. The molecule has 5 nitrogen and oxygen atoms in total. The second-order valence-corrected chi connectivity index (χ2v) is 7.28. The largest absolute Gasteiger partial charge is 0.469 e. The zero-order valence-corrected chi connectivity index (χ0v) is 15.4. The van der Waals surface area contributed by atoms with Crippen molar-refractivity contribution in [1.29, 1.82) is 5.26 Å². The molecule has 0 radical (unpaired) electrons. The molecule has 5 heteroatoms. The van der Waals surface area contributed by atoms with Crippen LogP contribution in [0.25, 0.3) is 0 Å². The number of carbonyl (C=O) groups excluding carboxylic acids is 1. The van der Waals surface area contributed by atoms with Crippen LogP contribution in [-0.2, 0) is 26.3 Å². The summed E-state index contributed by atoms with van der Waals surface area (Å²) in [5.74, 6) is -0.227. The van der Waals surface area contributed by atoms with Crippen molar-refractivity contribution in [3.63, 3.8) is 0 Å². The standard InChI is InChI=1S/C20H28N2O3/c1-19(2,18(23)24-3)10-13-25-14-16-6-4-5-7-17(16)20(15-21)8-11-22-12-9-20/h4-7,22H,8-14H2,1-3H3. The molecule has 136 valence electrons. The van der Waals surface area contributed by atoms with Gasteiger partial charge in [-0.05, 0) is 57.3 Å². The molecule has 0 aliphatic carbocycles. The smallest absolute Gasteiger partial charge is 0.311 e. The lowest BCUT2D eigenvalue weighted by Crippen LogP contribution is -2.39. The first-order chi connectivity index (χ1) is 11.9. The molecule has 0 spiro atoms. The molecule has 1 saturated heterocycles. The van der Waals surface area contributed by atoms with Gasteiger partial charge in [0, 0.05) is 6.61 Å². The molecule has 0 saturated carbocycles. The van der Waals surface area contributed by atoms with E-state index in [0.717, 1.165) is 37.1 Å². The van der Waals surface area contributed by atoms with E-state index in [1.807, 2.05) is 38.1 Å². The van der Waals surface area contributed by atoms with Gasteiger partial charge in [0.25, 0.3) is 0 Å². The Labute approximate surface area is 150 Å². The van der Waals surface area contributed by atoms with Crippen LogP contribution in [0.15, 0.2) is 24.3 Å². The number of rotatable bonds is 7. The van der Waals surface area contributed by atoms with Gasteiger partial charge in [-0.2, -0.15) is 5.26 Å². The summed E-state index contributed by atoms with van der Waals surface area (Å²) >= 11 is 0. The predicted octanol–water partition coefficient (Wildman–Crippen LogP) is 2.94. The van der Waals surface area contributed by atoms with E-state index in [9.17, 15) is 10.1 Å². The van der Waals surface area contributed by atoms with Crippen molar-refractivity contribution in [3.05, 3.63) is 35.4 Å². The molecule has 1 heterocycles. The maximum Gasteiger partial charge on any atom is 0.311 e. The van der Waals surface area contributed by atoms with Crippen LogP contribution in [0.5, 0.6) is 0 Å². The maximum absolute atomic E-state index is 11.7. The minimum Gasteiger partial charge on any atom is -0.469 e. The predicted molar refractivity (Wildman–Crippen MR) is 95.9 cm³/mol. The van der Waals surface area contributed by atoms with Gasteiger partial charge in [-0.3, -0.25) is 4.79 Å². The highest BCUT2D eigenvalue weighted by Gasteiger charge is 2.35. The average Bonchev–Trinajstić information content (AvgIpc) is 2.65. The number of ether oxygens (including phenoxy) is 2. The summed E-state index contributed by atoms with van der Waals surface area (Å²) in [7, 11) is 1.40. The molecule has 25 heavy (non-hydrogen) atoms. The molecule has 0 aromatic heterocycles. The molecule has 2 rings (SSSR count). The number of nitrogens with one attached hydrogen (secondary N) is 1. The molecule has 0 atom stereocenters. The van der Waals surface area contributed by atoms with E-state index >= 15 is 0 Å². The number of hydrogen-bond donors (Lipinski definition) is 1. The van der Waals surface area contributed by atoms with Crippen LogP contribution in [0.3, 0.4) is 0 Å². The van der Waals surface area contributed by atoms with Crippen LogP contribution in [0.4, 0.5) is 0 Å². The van der Waals surface area contributed by atoms with Crippen LogP contribution < -0.4 is 5.32 Å². The number of esters is 1. The van der Waals surface area contributed by atoms with Crippen molar-refractivity contribution >= 4 is 5.97 Å². The zero-order chi connectivity index (χ0) is 18.3. The molecule has 1 fully saturated rings. The van der Waals surface area contributed by atoms with E-state index < -0.39 is 10.8 Å². The van der Waals surface area contributed by atoms with Crippen molar-refractivity contribution in [3.8, 4) is 6.07 Å². The fourth-order valence-corrected chi connectivity index (χ4v) is 3.30. The molecule has 0 amide bonds. The molecule has 1 aromatic rings. The molecule has 0 unspecified atom stereocenters. The third-order valence-electron chi connectivity index (χ3n) is 5.07. The van der Waals surface area contributed by atoms with E-state index in [1.165, 1.54) is 7.11 Å². The van der Waals surface area contributed by atoms with Crippen molar-refractivity contribution in [2.75, 3.05) is 26.8 Å². The zero-order valence-electron chi connectivity index (χ0n) is 15.4. The van der Waals surface area contributed by atoms with Crippen LogP contribution in [0.2, 0.25) is 0 Å². The number of carbonyl (C=O) groups is 1. The first-order valence-electron chi connectivity index (χ1n) is 8.82. The quantitative estimate of drug-likeness (QED) is 0.608. The Balaban J connectivity index is 2.02. The number of methoxy groups -OCH3 is 1. The SMILES string of the molecule is COC(=O)C(C)(C)CCOCc1ccccc1C1(C#N)CCNCC1. The van der Waals surface area contributed by atoms with Gasteiger partial charge < -0.3 is 14.8 Å². The molecule has 1 aromatic carbocycles. The number of benzene rings is 1. The normalized spacial score (nSPS) is 16.9. The lowest BCUT2D eigenvalue weighted by molar-refractivity contribution is -0.151. The molecular weight excluding hydrogens is 316 g/mol. The van der Waals surface area contributed by atoms with Crippen LogP contribution in [0.1, 0.15) is 44.2 Å². The fourth-order valence-electron chi connectivity index (χ4n) is 3.30. The van der Waals surface area contributed by atoms with Gasteiger partial charge in [-0.25, -0.2) is 0 Å². The van der Waals surface area contributed by atoms with Gasteiger partial charge in [-0.1, -0.05) is 24.3 Å². The van der Waals surface area contributed by atoms with E-state index in [2.05, 4.69) is 11.4 Å².